The van der Waals surface area contributed by atoms with Gasteiger partial charge in [0.05, 0.1) is 35.7 Å². The van der Waals surface area contributed by atoms with Crippen molar-refractivity contribution in [2.75, 3.05) is 12.9 Å². The van der Waals surface area contributed by atoms with E-state index in [1.165, 1.54) is 10.8 Å². The lowest BCUT2D eigenvalue weighted by Crippen LogP contribution is -2.24. The number of thioether (sulfide) groups is 1. The van der Waals surface area contributed by atoms with E-state index >= 15 is 0 Å². The normalized spacial score (nSPS) is 11.1. The van der Waals surface area contributed by atoms with Crippen LogP contribution >= 0.6 is 43.6 Å². The number of fused-ring (bicyclic) bond motifs is 1. The number of hydrogen-bond acceptors (Lipinski definition) is 6. The molecule has 0 aliphatic heterocycles. The molecule has 10 heteroatoms. The quantitative estimate of drug-likeness (QED) is 0.137. The Morgan fingerprint density at radius 2 is 1.85 bits per heavy atom. The number of carbonyl (C=O) groups is 1. The lowest BCUT2D eigenvalue weighted by Gasteiger charge is -2.13. The molecule has 0 aliphatic carbocycles. The van der Waals surface area contributed by atoms with Crippen LogP contribution in [0.2, 0.25) is 0 Å². The molecule has 172 valence electrons. The Morgan fingerprint density at radius 3 is 2.62 bits per heavy atom. The van der Waals surface area contributed by atoms with E-state index in [1.807, 2.05) is 42.5 Å². The van der Waals surface area contributed by atoms with Gasteiger partial charge in [0, 0.05) is 14.5 Å². The Labute approximate surface area is 216 Å². The SMILES string of the molecule is COc1ccc(Br)cc1C=NNC(=O)CSc1nc2ccccc2c(=O)n1-c1ccc(Br)cc1. The lowest BCUT2D eigenvalue weighted by atomic mass is 10.2. The zero-order valence-electron chi connectivity index (χ0n) is 17.9. The van der Waals surface area contributed by atoms with Crippen LogP contribution in [-0.2, 0) is 4.79 Å². The molecule has 0 fully saturated rings. The summed E-state index contributed by atoms with van der Waals surface area (Å²) in [5.41, 5.74) is 4.26. The first-order valence-corrected chi connectivity index (χ1v) is 12.6. The van der Waals surface area contributed by atoms with Crippen LogP contribution in [0.3, 0.4) is 0 Å². The third-order valence-electron chi connectivity index (χ3n) is 4.75. The molecule has 3 aromatic carbocycles. The van der Waals surface area contributed by atoms with E-state index in [4.69, 9.17) is 4.74 Å². The summed E-state index contributed by atoms with van der Waals surface area (Å²) in [7, 11) is 1.57. The fourth-order valence-electron chi connectivity index (χ4n) is 3.17. The second-order valence-corrected chi connectivity index (χ2v) is 9.77. The fourth-order valence-corrected chi connectivity index (χ4v) is 4.62. The molecule has 4 aromatic rings. The zero-order chi connectivity index (χ0) is 24.1. The molecule has 1 amide bonds. The first-order valence-electron chi connectivity index (χ1n) is 10.0. The van der Waals surface area contributed by atoms with Crippen LogP contribution in [-0.4, -0.2) is 34.5 Å². The molecule has 4 rings (SSSR count). The number of hydrogen-bond donors (Lipinski definition) is 1. The van der Waals surface area contributed by atoms with Crippen LogP contribution in [0.5, 0.6) is 5.75 Å². The third-order valence-corrected chi connectivity index (χ3v) is 6.71. The molecule has 34 heavy (non-hydrogen) atoms. The summed E-state index contributed by atoms with van der Waals surface area (Å²) >= 11 is 7.98. The van der Waals surface area contributed by atoms with E-state index in [2.05, 4.69) is 47.4 Å². The van der Waals surface area contributed by atoms with Crippen molar-refractivity contribution in [2.24, 2.45) is 5.10 Å². The molecule has 0 atom stereocenters. The van der Waals surface area contributed by atoms with Crippen molar-refractivity contribution in [3.8, 4) is 11.4 Å². The van der Waals surface area contributed by atoms with Crippen molar-refractivity contribution < 1.29 is 9.53 Å². The summed E-state index contributed by atoms with van der Waals surface area (Å²) in [6.45, 7) is 0. The number of methoxy groups -OCH3 is 1. The topological polar surface area (TPSA) is 85.6 Å². The van der Waals surface area contributed by atoms with Gasteiger partial charge in [0.15, 0.2) is 5.16 Å². The molecular weight excluding hydrogens is 584 g/mol. The van der Waals surface area contributed by atoms with E-state index < -0.39 is 0 Å². The highest BCUT2D eigenvalue weighted by Gasteiger charge is 2.14. The van der Waals surface area contributed by atoms with Crippen molar-refractivity contribution >= 4 is 66.6 Å². The Morgan fingerprint density at radius 1 is 1.12 bits per heavy atom. The van der Waals surface area contributed by atoms with E-state index in [0.717, 1.165) is 20.7 Å². The summed E-state index contributed by atoms with van der Waals surface area (Å²) < 4.78 is 8.58. The van der Waals surface area contributed by atoms with E-state index in [0.29, 0.717) is 33.1 Å². The molecule has 0 bridgehead atoms. The number of ether oxygens (including phenoxy) is 1. The maximum atomic E-state index is 13.3. The molecule has 1 heterocycles. The number of benzene rings is 3. The van der Waals surface area contributed by atoms with Crippen molar-refractivity contribution in [2.45, 2.75) is 5.16 Å². The highest BCUT2D eigenvalue weighted by Crippen LogP contribution is 2.23. The van der Waals surface area contributed by atoms with Gasteiger partial charge < -0.3 is 4.74 Å². The minimum absolute atomic E-state index is 0.0221. The van der Waals surface area contributed by atoms with Crippen molar-refractivity contribution in [1.29, 1.82) is 0 Å². The Kier molecular flexibility index (Phi) is 7.81. The number of nitrogens with zero attached hydrogens (tertiary/aromatic N) is 3. The van der Waals surface area contributed by atoms with Crippen LogP contribution in [0.15, 0.2) is 90.7 Å². The Balaban J connectivity index is 1.55. The van der Waals surface area contributed by atoms with Crippen LogP contribution in [0.1, 0.15) is 5.56 Å². The van der Waals surface area contributed by atoms with Gasteiger partial charge in [-0.15, -0.1) is 0 Å². The maximum Gasteiger partial charge on any atom is 0.266 e. The third kappa shape index (κ3) is 5.57. The van der Waals surface area contributed by atoms with Crippen molar-refractivity contribution in [3.63, 3.8) is 0 Å². The minimum atomic E-state index is -0.333. The number of carbonyl (C=O) groups excluding carboxylic acids is 1. The molecule has 1 N–H and O–H groups in total. The highest BCUT2D eigenvalue weighted by atomic mass is 79.9. The van der Waals surface area contributed by atoms with E-state index in [-0.39, 0.29) is 17.2 Å². The molecular formula is C24H18Br2N4O3S. The summed E-state index contributed by atoms with van der Waals surface area (Å²) in [4.78, 5) is 30.4. The Hall–Kier alpha value is -2.95. The number of amides is 1. The number of hydrazone groups is 1. The fraction of sp³-hybridized carbons (Fsp3) is 0.0833. The average Bonchev–Trinajstić information content (AvgIpc) is 2.84. The zero-order valence-corrected chi connectivity index (χ0v) is 21.9. The molecule has 0 saturated carbocycles. The van der Waals surface area contributed by atoms with Crippen LogP contribution < -0.4 is 15.7 Å². The van der Waals surface area contributed by atoms with E-state index in [9.17, 15) is 9.59 Å². The number of para-hydroxylation sites is 1. The number of nitrogens with one attached hydrogen (secondary N) is 1. The van der Waals surface area contributed by atoms with Gasteiger partial charge in [-0.3, -0.25) is 14.2 Å². The second-order valence-electron chi connectivity index (χ2n) is 7.00. The number of rotatable bonds is 7. The molecule has 0 saturated heterocycles. The summed E-state index contributed by atoms with van der Waals surface area (Å²) in [6.07, 6.45) is 1.51. The molecule has 0 aliphatic rings. The van der Waals surface area contributed by atoms with Gasteiger partial charge in [-0.05, 0) is 54.6 Å². The summed E-state index contributed by atoms with van der Waals surface area (Å²) in [5.74, 6) is 0.322. The second kappa shape index (κ2) is 11.0. The molecule has 0 spiro atoms. The number of aromatic nitrogens is 2. The lowest BCUT2D eigenvalue weighted by molar-refractivity contribution is -0.118. The molecule has 7 nitrogen and oxygen atoms in total. The first-order chi connectivity index (χ1) is 16.5. The van der Waals surface area contributed by atoms with Gasteiger partial charge in [-0.25, -0.2) is 10.4 Å². The molecule has 1 aromatic heterocycles. The van der Waals surface area contributed by atoms with Gasteiger partial charge in [0.1, 0.15) is 5.75 Å². The first kappa shape index (κ1) is 24.2. The summed E-state index contributed by atoms with van der Waals surface area (Å²) in [5, 5.41) is 4.95. The monoisotopic (exact) mass is 600 g/mol. The van der Waals surface area contributed by atoms with Crippen molar-refractivity contribution in [3.05, 3.63) is 91.6 Å². The summed E-state index contributed by atoms with van der Waals surface area (Å²) in [6, 6.07) is 20.0. The van der Waals surface area contributed by atoms with Crippen LogP contribution in [0, 0.1) is 0 Å². The Bertz CT molecular complexity index is 1440. The predicted molar refractivity (Wildman–Crippen MR) is 142 cm³/mol. The van der Waals surface area contributed by atoms with Crippen LogP contribution in [0.25, 0.3) is 16.6 Å². The number of halogens is 2. The van der Waals surface area contributed by atoms with Crippen molar-refractivity contribution in [1.82, 2.24) is 15.0 Å². The molecule has 0 unspecified atom stereocenters. The smallest absolute Gasteiger partial charge is 0.266 e. The van der Waals surface area contributed by atoms with Gasteiger partial charge in [-0.1, -0.05) is 55.8 Å². The van der Waals surface area contributed by atoms with Gasteiger partial charge >= 0.3 is 0 Å². The largest absolute Gasteiger partial charge is 0.496 e. The van der Waals surface area contributed by atoms with Gasteiger partial charge in [-0.2, -0.15) is 5.10 Å². The molecule has 0 radical (unpaired) electrons. The van der Waals surface area contributed by atoms with Gasteiger partial charge in [0.2, 0.25) is 0 Å². The van der Waals surface area contributed by atoms with Gasteiger partial charge in [0.25, 0.3) is 11.5 Å². The van der Waals surface area contributed by atoms with E-state index in [1.54, 1.807) is 31.4 Å². The standard InChI is InChI=1S/C24H18Br2N4O3S/c1-33-21-11-8-17(26)12-15(21)13-27-29-22(31)14-34-24-28-20-5-3-2-4-19(20)23(32)30(24)18-9-6-16(25)7-10-18/h2-13H,14H2,1H3,(H,29,31). The highest BCUT2D eigenvalue weighted by molar-refractivity contribution is 9.10. The predicted octanol–water partition coefficient (Wildman–Crippen LogP) is 5.16. The maximum absolute atomic E-state index is 13.3. The van der Waals surface area contributed by atoms with Crippen LogP contribution in [0.4, 0.5) is 0 Å². The average molecular weight is 602 g/mol. The minimum Gasteiger partial charge on any atom is -0.496 e.